The van der Waals surface area contributed by atoms with Crippen molar-refractivity contribution in [1.29, 1.82) is 0 Å². The van der Waals surface area contributed by atoms with E-state index in [9.17, 15) is 4.79 Å². The van der Waals surface area contributed by atoms with Crippen LogP contribution in [0.15, 0.2) is 30.5 Å². The topological polar surface area (TPSA) is 72.3 Å². The first-order valence-corrected chi connectivity index (χ1v) is 10.5. The van der Waals surface area contributed by atoms with Crippen LogP contribution in [0.2, 0.25) is 0 Å². The lowest BCUT2D eigenvalue weighted by molar-refractivity contribution is 0.0672. The molecule has 1 aromatic heterocycles. The van der Waals surface area contributed by atoms with E-state index in [1.54, 1.807) is 10.9 Å². The van der Waals surface area contributed by atoms with E-state index in [4.69, 9.17) is 4.74 Å². The molecule has 0 radical (unpaired) electrons. The Kier molecular flexibility index (Phi) is 5.34. The molecule has 2 aromatic rings. The molecule has 1 atom stereocenters. The number of hydrogen-bond donors (Lipinski definition) is 1. The van der Waals surface area contributed by atoms with Gasteiger partial charge in [-0.3, -0.25) is 9.69 Å². The largest absolute Gasteiger partial charge is 0.493 e. The number of nitrogens with one attached hydrogen (secondary N) is 1. The molecule has 1 saturated heterocycles. The van der Waals surface area contributed by atoms with Crippen LogP contribution in [0.25, 0.3) is 0 Å². The SMILES string of the molecule is CC(c1ccc(OCC(C)(C)C)cc1)N1CC(NC(=O)c2cn(C3CC3)nn2)C1. The Morgan fingerprint density at radius 2 is 1.93 bits per heavy atom. The molecule has 2 aliphatic rings. The lowest BCUT2D eigenvalue weighted by Crippen LogP contribution is -2.59. The number of carbonyl (C=O) groups is 1. The van der Waals surface area contributed by atoms with Gasteiger partial charge >= 0.3 is 0 Å². The van der Waals surface area contributed by atoms with Crippen LogP contribution in [0, 0.1) is 5.41 Å². The third-order valence-corrected chi connectivity index (χ3v) is 5.49. The number of nitrogens with zero attached hydrogens (tertiary/aromatic N) is 4. The molecular weight excluding hydrogens is 366 g/mol. The quantitative estimate of drug-likeness (QED) is 0.777. The Hall–Kier alpha value is -2.41. The fourth-order valence-corrected chi connectivity index (χ4v) is 3.43. The minimum absolute atomic E-state index is 0.130. The summed E-state index contributed by atoms with van der Waals surface area (Å²) < 4.78 is 7.66. The van der Waals surface area contributed by atoms with Gasteiger partial charge in [-0.25, -0.2) is 4.68 Å². The number of hydrogen-bond acceptors (Lipinski definition) is 5. The van der Waals surface area contributed by atoms with Crippen molar-refractivity contribution in [1.82, 2.24) is 25.2 Å². The molecule has 0 bridgehead atoms. The molecule has 7 nitrogen and oxygen atoms in total. The van der Waals surface area contributed by atoms with Gasteiger partial charge < -0.3 is 10.1 Å². The average molecular weight is 398 g/mol. The van der Waals surface area contributed by atoms with Crippen molar-refractivity contribution in [3.05, 3.63) is 41.7 Å². The molecule has 1 aliphatic carbocycles. The van der Waals surface area contributed by atoms with E-state index in [0.717, 1.165) is 31.7 Å². The van der Waals surface area contributed by atoms with Gasteiger partial charge in [0.2, 0.25) is 0 Å². The van der Waals surface area contributed by atoms with Crippen molar-refractivity contribution < 1.29 is 9.53 Å². The Morgan fingerprint density at radius 1 is 1.24 bits per heavy atom. The van der Waals surface area contributed by atoms with Crippen LogP contribution in [-0.4, -0.2) is 51.5 Å². The molecule has 2 fully saturated rings. The van der Waals surface area contributed by atoms with Crippen molar-refractivity contribution in [3.63, 3.8) is 0 Å². The summed E-state index contributed by atoms with van der Waals surface area (Å²) in [7, 11) is 0. The number of ether oxygens (including phenoxy) is 1. The lowest BCUT2D eigenvalue weighted by Gasteiger charge is -2.43. The predicted octanol–water partition coefficient (Wildman–Crippen LogP) is 3.21. The monoisotopic (exact) mass is 397 g/mol. The van der Waals surface area contributed by atoms with Gasteiger partial charge in [0.1, 0.15) is 5.75 Å². The predicted molar refractivity (Wildman–Crippen MR) is 111 cm³/mol. The molecule has 1 aromatic carbocycles. The van der Waals surface area contributed by atoms with E-state index in [1.165, 1.54) is 5.56 Å². The van der Waals surface area contributed by atoms with Crippen LogP contribution < -0.4 is 10.1 Å². The molecule has 0 spiro atoms. The molecule has 7 heteroatoms. The maximum absolute atomic E-state index is 12.4. The van der Waals surface area contributed by atoms with Crippen LogP contribution in [0.1, 0.15) is 68.7 Å². The summed E-state index contributed by atoms with van der Waals surface area (Å²) in [5.41, 5.74) is 1.81. The van der Waals surface area contributed by atoms with Crippen molar-refractivity contribution in [2.75, 3.05) is 19.7 Å². The van der Waals surface area contributed by atoms with Crippen LogP contribution >= 0.6 is 0 Å². The normalized spacial score (nSPS) is 18.9. The lowest BCUT2D eigenvalue weighted by atomic mass is 9.98. The second kappa shape index (κ2) is 7.78. The van der Waals surface area contributed by atoms with Crippen LogP contribution in [-0.2, 0) is 0 Å². The number of likely N-dealkylation sites (tertiary alicyclic amines) is 1. The summed E-state index contributed by atoms with van der Waals surface area (Å²) in [4.78, 5) is 14.7. The maximum atomic E-state index is 12.4. The van der Waals surface area contributed by atoms with Crippen molar-refractivity contribution >= 4 is 5.91 Å². The first-order valence-electron chi connectivity index (χ1n) is 10.5. The zero-order chi connectivity index (χ0) is 20.6. The molecule has 156 valence electrons. The van der Waals surface area contributed by atoms with Gasteiger partial charge in [-0.1, -0.05) is 38.1 Å². The van der Waals surface area contributed by atoms with E-state index in [0.29, 0.717) is 24.4 Å². The fraction of sp³-hybridized carbons (Fsp3) is 0.591. The van der Waals surface area contributed by atoms with E-state index in [-0.39, 0.29) is 17.4 Å². The summed E-state index contributed by atoms with van der Waals surface area (Å²) in [5.74, 6) is 0.776. The molecule has 1 unspecified atom stereocenters. The summed E-state index contributed by atoms with van der Waals surface area (Å²) in [5, 5.41) is 11.1. The third kappa shape index (κ3) is 4.96. The molecule has 1 aliphatic heterocycles. The van der Waals surface area contributed by atoms with E-state index in [2.05, 4.69) is 60.4 Å². The van der Waals surface area contributed by atoms with Gasteiger partial charge in [0, 0.05) is 19.1 Å². The molecule has 1 saturated carbocycles. The van der Waals surface area contributed by atoms with E-state index in [1.807, 2.05) is 12.1 Å². The van der Waals surface area contributed by atoms with E-state index >= 15 is 0 Å². The van der Waals surface area contributed by atoms with E-state index < -0.39 is 0 Å². The number of amides is 1. The fourth-order valence-electron chi connectivity index (χ4n) is 3.43. The zero-order valence-electron chi connectivity index (χ0n) is 17.8. The van der Waals surface area contributed by atoms with Gasteiger partial charge in [0.15, 0.2) is 5.69 Å². The second-order valence-corrected chi connectivity index (χ2v) is 9.53. The Labute approximate surface area is 172 Å². The van der Waals surface area contributed by atoms with Crippen molar-refractivity contribution in [3.8, 4) is 5.75 Å². The number of carbonyl (C=O) groups excluding carboxylic acids is 1. The first kappa shape index (κ1) is 19.9. The maximum Gasteiger partial charge on any atom is 0.273 e. The molecule has 1 N–H and O–H groups in total. The average Bonchev–Trinajstić information content (AvgIpc) is 3.38. The molecule has 29 heavy (non-hydrogen) atoms. The molecule has 2 heterocycles. The summed E-state index contributed by atoms with van der Waals surface area (Å²) >= 11 is 0. The van der Waals surface area contributed by atoms with Crippen LogP contribution in [0.3, 0.4) is 0 Å². The highest BCUT2D eigenvalue weighted by atomic mass is 16.5. The van der Waals surface area contributed by atoms with Crippen molar-refractivity contribution in [2.24, 2.45) is 5.41 Å². The second-order valence-electron chi connectivity index (χ2n) is 9.53. The highest BCUT2D eigenvalue weighted by molar-refractivity contribution is 5.92. The zero-order valence-corrected chi connectivity index (χ0v) is 17.8. The highest BCUT2D eigenvalue weighted by Crippen LogP contribution is 2.33. The van der Waals surface area contributed by atoms with Gasteiger partial charge in [0.25, 0.3) is 5.91 Å². The molecule has 4 rings (SSSR count). The van der Waals surface area contributed by atoms with Gasteiger partial charge in [-0.15, -0.1) is 5.10 Å². The number of rotatable bonds is 7. The third-order valence-electron chi connectivity index (χ3n) is 5.49. The Bertz CT molecular complexity index is 845. The Morgan fingerprint density at radius 3 is 2.55 bits per heavy atom. The first-order chi connectivity index (χ1) is 13.8. The molecular formula is C22H31N5O2. The minimum Gasteiger partial charge on any atom is -0.493 e. The standard InChI is InChI=1S/C22H31N5O2/c1-15(16-5-9-19(10-6-16)29-14-22(2,3)4)26-11-17(12-26)23-21(28)20-13-27(25-24-20)18-7-8-18/h5-6,9-10,13,15,17-18H,7-8,11-12,14H2,1-4H3,(H,23,28). The van der Waals surface area contributed by atoms with Crippen LogP contribution in [0.4, 0.5) is 0 Å². The van der Waals surface area contributed by atoms with Gasteiger partial charge in [-0.05, 0) is 42.9 Å². The van der Waals surface area contributed by atoms with Gasteiger partial charge in [-0.2, -0.15) is 0 Å². The summed E-state index contributed by atoms with van der Waals surface area (Å²) in [6.07, 6.45) is 4.02. The van der Waals surface area contributed by atoms with Crippen LogP contribution in [0.5, 0.6) is 5.75 Å². The minimum atomic E-state index is -0.130. The highest BCUT2D eigenvalue weighted by Gasteiger charge is 2.33. The van der Waals surface area contributed by atoms with Crippen molar-refractivity contribution in [2.45, 2.75) is 58.7 Å². The smallest absolute Gasteiger partial charge is 0.273 e. The Balaban J connectivity index is 1.24. The number of aromatic nitrogens is 3. The summed E-state index contributed by atoms with van der Waals surface area (Å²) in [6.45, 7) is 11.1. The molecule has 1 amide bonds. The van der Waals surface area contributed by atoms with Gasteiger partial charge in [0.05, 0.1) is 24.9 Å². The summed E-state index contributed by atoms with van der Waals surface area (Å²) in [6, 6.07) is 9.24. The number of benzene rings is 1.